The maximum absolute atomic E-state index is 13.9. The highest BCUT2D eigenvalue weighted by molar-refractivity contribution is 14.1. The van der Waals surface area contributed by atoms with Gasteiger partial charge in [0, 0.05) is 44.6 Å². The Bertz CT molecular complexity index is 1760. The summed E-state index contributed by atoms with van der Waals surface area (Å²) in [5.41, 5.74) is 7.82. The molecule has 2 heterocycles. The monoisotopic (exact) mass is 633 g/mol. The van der Waals surface area contributed by atoms with Crippen LogP contribution in [0.25, 0.3) is 10.9 Å². The highest BCUT2D eigenvalue weighted by Crippen LogP contribution is 2.60. The Morgan fingerprint density at radius 2 is 1.23 bits per heavy atom. The average molecular weight is 633 g/mol. The molecule has 0 unspecified atom stereocenters. The number of carbonyl (C=O) groups excluding carboxylic acids is 2. The standard InChI is InChI=1S/C34H24IN3O2/c35-22-15-13-20(14-16-22)18-37-19-21(23-7-5-6-12-28(23)37)17-36-38-33(39)31-29-24-8-1-2-9-25(24)30(32(31)34(38)40)27-11-4-3-10-26(27)29/h1-17,19,29-32H,18H2/b36-17-/t29?,30?,31-,32+. The summed E-state index contributed by atoms with van der Waals surface area (Å²) in [6.45, 7) is 0.719. The number of benzene rings is 4. The van der Waals surface area contributed by atoms with Gasteiger partial charge in [-0.1, -0.05) is 78.9 Å². The van der Waals surface area contributed by atoms with Crippen LogP contribution in [0.2, 0.25) is 0 Å². The summed E-state index contributed by atoms with van der Waals surface area (Å²) in [6.07, 6.45) is 3.74. The van der Waals surface area contributed by atoms with Crippen molar-refractivity contribution in [2.24, 2.45) is 16.9 Å². The third-order valence-corrected chi connectivity index (χ3v) is 9.54. The summed E-state index contributed by atoms with van der Waals surface area (Å²) in [6, 6.07) is 33.2. The smallest absolute Gasteiger partial charge is 0.254 e. The molecule has 9 rings (SSSR count). The molecule has 1 fully saturated rings. The fraction of sp³-hybridized carbons (Fsp3) is 0.147. The molecule has 194 valence electrons. The van der Waals surface area contributed by atoms with Gasteiger partial charge in [0.15, 0.2) is 0 Å². The first kappa shape index (κ1) is 23.8. The summed E-state index contributed by atoms with van der Waals surface area (Å²) < 4.78 is 3.39. The Morgan fingerprint density at radius 1 is 0.700 bits per heavy atom. The van der Waals surface area contributed by atoms with Crippen LogP contribution in [-0.4, -0.2) is 27.6 Å². The molecule has 6 heteroatoms. The van der Waals surface area contributed by atoms with Gasteiger partial charge in [0.1, 0.15) is 0 Å². The minimum Gasteiger partial charge on any atom is -0.342 e. The Kier molecular flexibility index (Phi) is 5.35. The van der Waals surface area contributed by atoms with Crippen LogP contribution >= 0.6 is 22.6 Å². The lowest BCUT2D eigenvalue weighted by molar-refractivity contribution is -0.139. The molecule has 0 radical (unpaired) electrons. The predicted molar refractivity (Wildman–Crippen MR) is 163 cm³/mol. The van der Waals surface area contributed by atoms with Crippen molar-refractivity contribution in [1.29, 1.82) is 0 Å². The molecule has 1 aromatic heterocycles. The van der Waals surface area contributed by atoms with Crippen LogP contribution in [0.3, 0.4) is 0 Å². The molecule has 1 aliphatic heterocycles. The maximum Gasteiger partial charge on any atom is 0.254 e. The molecule has 4 aliphatic rings. The molecule has 1 saturated heterocycles. The lowest BCUT2D eigenvalue weighted by Crippen LogP contribution is -2.41. The number of nitrogens with zero attached hydrogens (tertiary/aromatic N) is 3. The minimum absolute atomic E-state index is 0.130. The van der Waals surface area contributed by atoms with Crippen molar-refractivity contribution in [2.45, 2.75) is 18.4 Å². The van der Waals surface area contributed by atoms with E-state index >= 15 is 0 Å². The first-order valence-electron chi connectivity index (χ1n) is 13.5. The van der Waals surface area contributed by atoms with Gasteiger partial charge >= 0.3 is 0 Å². The summed E-state index contributed by atoms with van der Waals surface area (Å²) in [5.74, 6) is -1.52. The molecule has 40 heavy (non-hydrogen) atoms. The maximum atomic E-state index is 13.9. The molecule has 0 spiro atoms. The van der Waals surface area contributed by atoms with Crippen LogP contribution in [0.1, 0.15) is 45.2 Å². The zero-order valence-electron chi connectivity index (χ0n) is 21.4. The number of hydrazone groups is 1. The summed E-state index contributed by atoms with van der Waals surface area (Å²) in [7, 11) is 0. The van der Waals surface area contributed by atoms with Gasteiger partial charge in [-0.3, -0.25) is 9.59 Å². The van der Waals surface area contributed by atoms with Crippen molar-refractivity contribution in [2.75, 3.05) is 0 Å². The Labute approximate surface area is 245 Å². The molecule has 5 aromatic rings. The van der Waals surface area contributed by atoms with E-state index in [1.165, 1.54) is 9.13 Å². The Hall–Kier alpha value is -4.04. The molecule has 4 aromatic carbocycles. The zero-order valence-corrected chi connectivity index (χ0v) is 23.6. The van der Waals surface area contributed by atoms with E-state index < -0.39 is 11.8 Å². The Morgan fingerprint density at radius 3 is 1.80 bits per heavy atom. The van der Waals surface area contributed by atoms with Gasteiger partial charge in [0.2, 0.25) is 0 Å². The van der Waals surface area contributed by atoms with Gasteiger partial charge in [-0.05, 0) is 68.6 Å². The van der Waals surface area contributed by atoms with E-state index in [4.69, 9.17) is 0 Å². The number of para-hydroxylation sites is 1. The molecular weight excluding hydrogens is 609 g/mol. The van der Waals surface area contributed by atoms with Crippen LogP contribution < -0.4 is 0 Å². The molecule has 0 N–H and O–H groups in total. The first-order chi connectivity index (χ1) is 19.6. The number of carbonyl (C=O) groups is 2. The third-order valence-electron chi connectivity index (χ3n) is 8.82. The van der Waals surface area contributed by atoms with E-state index in [1.54, 1.807) is 6.21 Å². The summed E-state index contributed by atoms with van der Waals surface area (Å²) in [4.78, 5) is 27.8. The Balaban J connectivity index is 1.16. The van der Waals surface area contributed by atoms with Crippen molar-refractivity contribution in [3.05, 3.63) is 140 Å². The van der Waals surface area contributed by atoms with E-state index in [9.17, 15) is 9.59 Å². The first-order valence-corrected chi connectivity index (χ1v) is 14.6. The average Bonchev–Trinajstić information content (AvgIpc) is 3.47. The van der Waals surface area contributed by atoms with Crippen molar-refractivity contribution < 1.29 is 9.59 Å². The van der Waals surface area contributed by atoms with Gasteiger partial charge in [0.05, 0.1) is 18.1 Å². The summed E-state index contributed by atoms with van der Waals surface area (Å²) >= 11 is 2.31. The second kappa shape index (κ2) is 8.99. The van der Waals surface area contributed by atoms with E-state index in [0.29, 0.717) is 0 Å². The number of halogens is 1. The molecule has 2 bridgehead atoms. The topological polar surface area (TPSA) is 54.7 Å². The van der Waals surface area contributed by atoms with E-state index in [0.717, 1.165) is 50.3 Å². The molecule has 5 nitrogen and oxygen atoms in total. The third kappa shape index (κ3) is 3.41. The van der Waals surface area contributed by atoms with Gasteiger partial charge < -0.3 is 4.57 Å². The second-order valence-corrected chi connectivity index (χ2v) is 12.1. The second-order valence-electron chi connectivity index (χ2n) is 10.9. The minimum atomic E-state index is -0.429. The van der Waals surface area contributed by atoms with Gasteiger partial charge in [0.25, 0.3) is 11.8 Å². The quantitative estimate of drug-likeness (QED) is 0.129. The molecule has 0 saturated carbocycles. The van der Waals surface area contributed by atoms with Gasteiger partial charge in [-0.25, -0.2) is 0 Å². The number of fused-ring (bicyclic) bond motifs is 1. The van der Waals surface area contributed by atoms with Crippen LogP contribution in [0.5, 0.6) is 0 Å². The predicted octanol–water partition coefficient (Wildman–Crippen LogP) is 6.52. The molecule has 2 amide bonds. The molecule has 3 aliphatic carbocycles. The normalized spacial score (nSPS) is 22.7. The lowest BCUT2D eigenvalue weighted by Gasteiger charge is -2.45. The number of aromatic nitrogens is 1. The number of amides is 2. The zero-order chi connectivity index (χ0) is 27.0. The highest BCUT2D eigenvalue weighted by atomic mass is 127. The van der Waals surface area contributed by atoms with Crippen LogP contribution in [-0.2, 0) is 16.1 Å². The fourth-order valence-electron chi connectivity index (χ4n) is 7.19. The SMILES string of the molecule is O=C1[C@@H]2C3c4ccccc4C(c4ccccc43)[C@@H]2C(=O)N1/N=C\c1cn(Cc2ccc(I)cc2)c2ccccc12. The van der Waals surface area contributed by atoms with Crippen LogP contribution in [0.4, 0.5) is 0 Å². The molecular formula is C34H24IN3O2. The lowest BCUT2D eigenvalue weighted by atomic mass is 9.55. The highest BCUT2D eigenvalue weighted by Gasteiger charge is 2.61. The van der Waals surface area contributed by atoms with Crippen LogP contribution in [0, 0.1) is 15.4 Å². The largest absolute Gasteiger partial charge is 0.342 e. The number of imide groups is 1. The fourth-order valence-corrected chi connectivity index (χ4v) is 7.55. The number of rotatable bonds is 4. The van der Waals surface area contributed by atoms with Crippen LogP contribution in [0.15, 0.2) is 108 Å². The molecule has 2 atom stereocenters. The number of hydrogen-bond acceptors (Lipinski definition) is 3. The van der Waals surface area contributed by atoms with E-state index in [2.05, 4.69) is 99.1 Å². The van der Waals surface area contributed by atoms with E-state index in [1.807, 2.05) is 36.4 Å². The van der Waals surface area contributed by atoms with Crippen molar-refractivity contribution in [1.82, 2.24) is 9.58 Å². The van der Waals surface area contributed by atoms with E-state index in [-0.39, 0.29) is 23.7 Å². The van der Waals surface area contributed by atoms with Crippen molar-refractivity contribution in [3.8, 4) is 0 Å². The van der Waals surface area contributed by atoms with Gasteiger partial charge in [-0.15, -0.1) is 0 Å². The van der Waals surface area contributed by atoms with Crippen molar-refractivity contribution >= 4 is 51.5 Å². The van der Waals surface area contributed by atoms with Crippen molar-refractivity contribution in [3.63, 3.8) is 0 Å². The number of hydrogen-bond donors (Lipinski definition) is 0. The van der Waals surface area contributed by atoms with Gasteiger partial charge in [-0.2, -0.15) is 10.1 Å². The summed E-state index contributed by atoms with van der Waals surface area (Å²) in [5, 5.41) is 6.77.